The summed E-state index contributed by atoms with van der Waals surface area (Å²) >= 11 is 10.7. The van der Waals surface area contributed by atoms with Crippen LogP contribution >= 0.6 is 24.2 Å². The first-order chi connectivity index (χ1) is 8.76. The molecule has 0 bridgehead atoms. The van der Waals surface area contributed by atoms with Gasteiger partial charge >= 0.3 is 0 Å². The highest BCUT2D eigenvalue weighted by molar-refractivity contribution is 7.80. The Balaban J connectivity index is 2.00. The van der Waals surface area contributed by atoms with E-state index in [4.69, 9.17) is 16.3 Å². The summed E-state index contributed by atoms with van der Waals surface area (Å²) in [6.07, 6.45) is 7.74. The normalized spacial score (nSPS) is 19.2. The zero-order valence-corrected chi connectivity index (χ0v) is 12.4. The van der Waals surface area contributed by atoms with E-state index >= 15 is 0 Å². The molecule has 18 heavy (non-hydrogen) atoms. The van der Waals surface area contributed by atoms with E-state index in [0.29, 0.717) is 5.02 Å². The Morgan fingerprint density at radius 1 is 1.11 bits per heavy atom. The number of hydrogen-bond donors (Lipinski definition) is 1. The highest BCUT2D eigenvalue weighted by atomic mass is 35.5. The van der Waals surface area contributed by atoms with Crippen LogP contribution in [0.3, 0.4) is 0 Å². The fourth-order valence-electron chi connectivity index (χ4n) is 2.62. The van der Waals surface area contributed by atoms with Crippen LogP contribution < -0.4 is 4.74 Å². The number of hydrogen-bond acceptors (Lipinski definition) is 2. The second-order valence-corrected chi connectivity index (χ2v) is 6.01. The van der Waals surface area contributed by atoms with Crippen LogP contribution in [0.25, 0.3) is 0 Å². The summed E-state index contributed by atoms with van der Waals surface area (Å²) in [5.41, 5.74) is 0.235. The fourth-order valence-corrected chi connectivity index (χ4v) is 3.22. The first kappa shape index (κ1) is 14.1. The SMILES string of the molecule is SCC1(COc2ccccc2Cl)CCCCCC1. The molecule has 0 aromatic heterocycles. The average Bonchev–Trinajstić information content (AvgIpc) is 2.64. The topological polar surface area (TPSA) is 9.23 Å². The monoisotopic (exact) mass is 284 g/mol. The Kier molecular flexibility index (Phi) is 5.25. The van der Waals surface area contributed by atoms with Crippen molar-refractivity contribution in [3.63, 3.8) is 0 Å². The zero-order valence-electron chi connectivity index (χ0n) is 10.7. The average molecular weight is 285 g/mol. The maximum atomic E-state index is 6.12. The van der Waals surface area contributed by atoms with Gasteiger partial charge in [-0.15, -0.1) is 0 Å². The molecule has 1 saturated carbocycles. The van der Waals surface area contributed by atoms with Gasteiger partial charge in [-0.1, -0.05) is 49.4 Å². The lowest BCUT2D eigenvalue weighted by Gasteiger charge is -2.31. The summed E-state index contributed by atoms with van der Waals surface area (Å²) in [5.74, 6) is 1.70. The highest BCUT2D eigenvalue weighted by Crippen LogP contribution is 2.37. The quantitative estimate of drug-likeness (QED) is 0.605. The second kappa shape index (κ2) is 6.72. The van der Waals surface area contributed by atoms with E-state index in [-0.39, 0.29) is 5.41 Å². The summed E-state index contributed by atoms with van der Waals surface area (Å²) in [7, 11) is 0. The second-order valence-electron chi connectivity index (χ2n) is 5.29. The molecular formula is C15H21ClOS. The van der Waals surface area contributed by atoms with Crippen molar-refractivity contribution in [1.82, 2.24) is 0 Å². The molecule has 1 aromatic rings. The van der Waals surface area contributed by atoms with E-state index in [1.165, 1.54) is 38.5 Å². The maximum Gasteiger partial charge on any atom is 0.137 e. The third-order valence-corrected chi connectivity index (χ3v) is 4.85. The van der Waals surface area contributed by atoms with E-state index in [0.717, 1.165) is 18.1 Å². The van der Waals surface area contributed by atoms with Crippen LogP contribution in [0.5, 0.6) is 5.75 Å². The van der Waals surface area contributed by atoms with Crippen LogP contribution in [0.1, 0.15) is 38.5 Å². The van der Waals surface area contributed by atoms with E-state index in [1.54, 1.807) is 0 Å². The van der Waals surface area contributed by atoms with Gasteiger partial charge in [0.25, 0.3) is 0 Å². The maximum absolute atomic E-state index is 6.12. The molecule has 0 N–H and O–H groups in total. The van der Waals surface area contributed by atoms with Gasteiger partial charge < -0.3 is 4.74 Å². The molecule has 1 aliphatic rings. The molecule has 0 aliphatic heterocycles. The van der Waals surface area contributed by atoms with Gasteiger partial charge in [0.15, 0.2) is 0 Å². The molecule has 1 aliphatic carbocycles. The zero-order chi connectivity index (χ0) is 12.8. The van der Waals surface area contributed by atoms with Crippen molar-refractivity contribution in [3.8, 4) is 5.75 Å². The number of halogens is 1. The molecule has 0 saturated heterocycles. The van der Waals surface area contributed by atoms with Gasteiger partial charge in [0.05, 0.1) is 11.6 Å². The summed E-state index contributed by atoms with van der Waals surface area (Å²) in [6.45, 7) is 0.736. The van der Waals surface area contributed by atoms with Crippen molar-refractivity contribution < 1.29 is 4.74 Å². The molecule has 3 heteroatoms. The van der Waals surface area contributed by atoms with Crippen molar-refractivity contribution in [3.05, 3.63) is 29.3 Å². The molecule has 0 spiro atoms. The van der Waals surface area contributed by atoms with E-state index in [9.17, 15) is 0 Å². The minimum Gasteiger partial charge on any atom is -0.491 e. The largest absolute Gasteiger partial charge is 0.491 e. The van der Waals surface area contributed by atoms with Crippen LogP contribution in [0.15, 0.2) is 24.3 Å². The summed E-state index contributed by atoms with van der Waals surface area (Å²) in [5, 5.41) is 0.695. The third-order valence-electron chi connectivity index (χ3n) is 3.87. The van der Waals surface area contributed by atoms with Gasteiger partial charge in [-0.25, -0.2) is 0 Å². The Morgan fingerprint density at radius 2 is 1.78 bits per heavy atom. The summed E-state index contributed by atoms with van der Waals surface area (Å²) < 4.78 is 5.95. The smallest absolute Gasteiger partial charge is 0.137 e. The number of ether oxygens (including phenoxy) is 1. The van der Waals surface area contributed by atoms with E-state index < -0.39 is 0 Å². The minimum atomic E-state index is 0.235. The Morgan fingerprint density at radius 3 is 2.39 bits per heavy atom. The minimum absolute atomic E-state index is 0.235. The van der Waals surface area contributed by atoms with Crippen molar-refractivity contribution >= 4 is 24.2 Å². The van der Waals surface area contributed by atoms with Gasteiger partial charge in [0, 0.05) is 5.41 Å². The number of benzene rings is 1. The molecule has 1 fully saturated rings. The van der Waals surface area contributed by atoms with Crippen LogP contribution in [0, 0.1) is 5.41 Å². The molecule has 0 amide bonds. The van der Waals surface area contributed by atoms with Crippen LogP contribution in [-0.4, -0.2) is 12.4 Å². The fraction of sp³-hybridized carbons (Fsp3) is 0.600. The lowest BCUT2D eigenvalue weighted by atomic mass is 9.83. The molecule has 1 aromatic carbocycles. The highest BCUT2D eigenvalue weighted by Gasteiger charge is 2.30. The summed E-state index contributed by atoms with van der Waals surface area (Å²) in [4.78, 5) is 0. The van der Waals surface area contributed by atoms with Gasteiger partial charge in [0.2, 0.25) is 0 Å². The van der Waals surface area contributed by atoms with E-state index in [2.05, 4.69) is 12.6 Å². The third kappa shape index (κ3) is 3.58. The van der Waals surface area contributed by atoms with Gasteiger partial charge in [-0.2, -0.15) is 12.6 Å². The number of para-hydroxylation sites is 1. The first-order valence-corrected chi connectivity index (χ1v) is 7.75. The lowest BCUT2D eigenvalue weighted by molar-refractivity contribution is 0.148. The number of rotatable bonds is 4. The van der Waals surface area contributed by atoms with Crippen LogP contribution in [0.4, 0.5) is 0 Å². The Labute approximate surface area is 120 Å². The predicted molar refractivity (Wildman–Crippen MR) is 80.9 cm³/mol. The first-order valence-electron chi connectivity index (χ1n) is 6.74. The summed E-state index contributed by atoms with van der Waals surface area (Å²) in [6, 6.07) is 7.69. The van der Waals surface area contributed by atoms with Gasteiger partial charge in [-0.3, -0.25) is 0 Å². The molecule has 1 nitrogen and oxygen atoms in total. The molecule has 100 valence electrons. The Bertz CT molecular complexity index is 373. The van der Waals surface area contributed by atoms with Crippen molar-refractivity contribution in [2.24, 2.45) is 5.41 Å². The number of thiol groups is 1. The van der Waals surface area contributed by atoms with Crippen LogP contribution in [0.2, 0.25) is 5.02 Å². The van der Waals surface area contributed by atoms with E-state index in [1.807, 2.05) is 24.3 Å². The standard InChI is InChI=1S/C15H21ClOS/c16-13-7-3-4-8-14(13)17-11-15(12-18)9-5-1-2-6-10-15/h3-4,7-8,18H,1-2,5-6,9-12H2. The molecule has 0 heterocycles. The predicted octanol–water partition coefficient (Wildman–Crippen LogP) is 4.99. The molecule has 0 atom stereocenters. The Hall–Kier alpha value is -0.340. The molecule has 2 rings (SSSR count). The van der Waals surface area contributed by atoms with Gasteiger partial charge in [-0.05, 0) is 30.7 Å². The van der Waals surface area contributed by atoms with Crippen LogP contribution in [-0.2, 0) is 0 Å². The van der Waals surface area contributed by atoms with Crippen molar-refractivity contribution in [1.29, 1.82) is 0 Å². The van der Waals surface area contributed by atoms with Crippen molar-refractivity contribution in [2.75, 3.05) is 12.4 Å². The molecule has 0 unspecified atom stereocenters. The van der Waals surface area contributed by atoms with Gasteiger partial charge in [0.1, 0.15) is 5.75 Å². The molecule has 0 radical (unpaired) electrons. The molecular weight excluding hydrogens is 264 g/mol. The van der Waals surface area contributed by atoms with Crippen molar-refractivity contribution in [2.45, 2.75) is 38.5 Å². The lowest BCUT2D eigenvalue weighted by Crippen LogP contribution is -2.30.